The first-order valence-corrected chi connectivity index (χ1v) is 12.9. The summed E-state index contributed by atoms with van der Waals surface area (Å²) in [6.07, 6.45) is -16.3. The van der Waals surface area contributed by atoms with Crippen LogP contribution in [-0.2, 0) is 14.2 Å². The molecule has 15 heteroatoms. The molecule has 2 aliphatic heterocycles. The van der Waals surface area contributed by atoms with Crippen molar-refractivity contribution >= 4 is 11.0 Å². The van der Waals surface area contributed by atoms with E-state index < -0.39 is 107 Å². The minimum Gasteiger partial charge on any atom is -0.507 e. The fraction of sp³-hybridized carbons (Fsp3) is 0.444. The molecule has 2 aliphatic rings. The molecular weight excluding hydrogens is 564 g/mol. The number of aromatic hydroxyl groups is 4. The Labute approximate surface area is 236 Å². The van der Waals surface area contributed by atoms with E-state index in [1.165, 1.54) is 13.0 Å². The van der Waals surface area contributed by atoms with Gasteiger partial charge in [-0.25, -0.2) is 0 Å². The maximum atomic E-state index is 13.2. The fourth-order valence-electron chi connectivity index (χ4n) is 5.17. The van der Waals surface area contributed by atoms with Crippen molar-refractivity contribution in [2.75, 3.05) is 6.61 Å². The van der Waals surface area contributed by atoms with Gasteiger partial charge < -0.3 is 69.7 Å². The first-order valence-electron chi connectivity index (χ1n) is 12.9. The summed E-state index contributed by atoms with van der Waals surface area (Å²) in [5.41, 5.74) is -1.53. The maximum Gasteiger partial charge on any atom is 0.197 e. The molecule has 2 saturated heterocycles. The summed E-state index contributed by atoms with van der Waals surface area (Å²) in [5, 5.41) is 103. The van der Waals surface area contributed by atoms with Crippen LogP contribution in [0.1, 0.15) is 18.6 Å². The summed E-state index contributed by atoms with van der Waals surface area (Å²) in [7, 11) is 0. The highest BCUT2D eigenvalue weighted by Gasteiger charge is 2.51. The van der Waals surface area contributed by atoms with E-state index in [1.807, 2.05) is 0 Å². The van der Waals surface area contributed by atoms with Gasteiger partial charge in [-0.3, -0.25) is 4.79 Å². The Morgan fingerprint density at radius 3 is 2.17 bits per heavy atom. The number of aliphatic hydroxyl groups is 6. The molecule has 2 aromatic carbocycles. The van der Waals surface area contributed by atoms with Crippen LogP contribution in [0.4, 0.5) is 0 Å². The van der Waals surface area contributed by atoms with Crippen LogP contribution in [0.2, 0.25) is 0 Å². The van der Waals surface area contributed by atoms with Gasteiger partial charge in [0.1, 0.15) is 71.5 Å². The molecule has 10 atom stereocenters. The molecule has 1 aromatic heterocycles. The smallest absolute Gasteiger partial charge is 0.197 e. The summed E-state index contributed by atoms with van der Waals surface area (Å²) in [4.78, 5) is 13.2. The van der Waals surface area contributed by atoms with E-state index in [1.54, 1.807) is 0 Å². The summed E-state index contributed by atoms with van der Waals surface area (Å²) in [6, 6.07) is 5.33. The van der Waals surface area contributed by atoms with Gasteiger partial charge in [0.05, 0.1) is 18.3 Å². The van der Waals surface area contributed by atoms with Crippen LogP contribution in [0.3, 0.4) is 0 Å². The summed E-state index contributed by atoms with van der Waals surface area (Å²) in [5.74, 6) is -2.58. The molecule has 0 aliphatic carbocycles. The zero-order valence-electron chi connectivity index (χ0n) is 21.9. The highest BCUT2D eigenvalue weighted by atomic mass is 16.7. The normalized spacial score (nSPS) is 33.6. The van der Waals surface area contributed by atoms with Gasteiger partial charge in [-0.15, -0.1) is 0 Å². The topological polar surface area (TPSA) is 260 Å². The molecule has 0 unspecified atom stereocenters. The summed E-state index contributed by atoms with van der Waals surface area (Å²) < 4.78 is 22.9. The van der Waals surface area contributed by atoms with E-state index in [0.717, 1.165) is 24.3 Å². The lowest BCUT2D eigenvalue weighted by molar-refractivity contribution is -0.338. The molecule has 2 fully saturated rings. The number of aliphatic hydroxyl groups excluding tert-OH is 6. The molecular formula is C27H30O15. The van der Waals surface area contributed by atoms with Gasteiger partial charge in [0.2, 0.25) is 0 Å². The molecule has 0 spiro atoms. The van der Waals surface area contributed by atoms with E-state index in [4.69, 9.17) is 18.6 Å². The number of hydrogen-bond acceptors (Lipinski definition) is 15. The van der Waals surface area contributed by atoms with Crippen molar-refractivity contribution in [3.05, 3.63) is 46.1 Å². The van der Waals surface area contributed by atoms with Crippen LogP contribution in [0.25, 0.3) is 22.3 Å². The lowest BCUT2D eigenvalue weighted by Crippen LogP contribution is -2.61. The first-order chi connectivity index (χ1) is 19.8. The molecule has 3 aromatic rings. The molecule has 3 heterocycles. The Bertz CT molecular complexity index is 1520. The molecule has 15 nitrogen and oxygen atoms in total. The number of phenolic OH excluding ortho intramolecular Hbond substituents is 4. The first kappa shape index (κ1) is 30.0. The van der Waals surface area contributed by atoms with Gasteiger partial charge in [-0.2, -0.15) is 0 Å². The van der Waals surface area contributed by atoms with E-state index in [2.05, 4.69) is 0 Å². The van der Waals surface area contributed by atoms with Gasteiger partial charge >= 0.3 is 0 Å². The SMILES string of the molecule is C[C@H]1O[C@@H](O[C@@H]2[C@@H](O)[C@H](O)[C@H](CO)O[C@H]2c2c(O)cc(O)c3c(=O)cc(-c4ccc(O)c(O)c4)oc23)[C@H](O)[C@@H](O)[C@H]1O. The van der Waals surface area contributed by atoms with Gasteiger partial charge in [0.15, 0.2) is 28.8 Å². The number of rotatable bonds is 5. The molecule has 5 rings (SSSR count). The van der Waals surface area contributed by atoms with Crippen LogP contribution in [-0.4, -0.2) is 113 Å². The standard InChI is InChI=1S/C27H30O15/c1-8-19(34)21(36)23(38)27(39-8)42-26-22(37)20(35)16(7-28)41-25(26)18-13(32)5-12(31)17-14(33)6-15(40-24(17)18)9-2-3-10(29)11(30)4-9/h2-6,8,16,19-23,25-32,34-38H,7H2,1H3/t8-,16+,19+,20-,21+,22+,23-,25+,26-,27+/m1/s1. The number of hydrogen-bond donors (Lipinski definition) is 10. The number of ether oxygens (including phenoxy) is 3. The lowest BCUT2D eigenvalue weighted by atomic mass is 9.89. The Balaban J connectivity index is 1.68. The second-order valence-electron chi connectivity index (χ2n) is 10.3. The predicted octanol–water partition coefficient (Wildman–Crippen LogP) is -1.35. The lowest BCUT2D eigenvalue weighted by Gasteiger charge is -2.46. The van der Waals surface area contributed by atoms with Crippen LogP contribution >= 0.6 is 0 Å². The summed E-state index contributed by atoms with van der Waals surface area (Å²) in [6.45, 7) is 0.569. The fourth-order valence-corrected chi connectivity index (χ4v) is 5.17. The zero-order chi connectivity index (χ0) is 30.6. The molecule has 10 N–H and O–H groups in total. The van der Waals surface area contributed by atoms with Crippen LogP contribution < -0.4 is 5.43 Å². The maximum absolute atomic E-state index is 13.2. The molecule has 0 saturated carbocycles. The molecule has 42 heavy (non-hydrogen) atoms. The molecule has 0 bridgehead atoms. The van der Waals surface area contributed by atoms with Crippen molar-refractivity contribution in [2.24, 2.45) is 0 Å². The van der Waals surface area contributed by atoms with Crippen molar-refractivity contribution in [1.82, 2.24) is 0 Å². The Kier molecular flexibility index (Phi) is 8.06. The average molecular weight is 595 g/mol. The Morgan fingerprint density at radius 2 is 1.50 bits per heavy atom. The highest BCUT2D eigenvalue weighted by Crippen LogP contribution is 2.45. The molecule has 0 amide bonds. The Hall–Kier alpha value is -3.51. The van der Waals surface area contributed by atoms with E-state index in [0.29, 0.717) is 0 Å². The van der Waals surface area contributed by atoms with Gasteiger partial charge in [0, 0.05) is 17.7 Å². The van der Waals surface area contributed by atoms with Crippen LogP contribution in [0.15, 0.2) is 39.5 Å². The van der Waals surface area contributed by atoms with Gasteiger partial charge in [-0.05, 0) is 25.1 Å². The predicted molar refractivity (Wildman–Crippen MR) is 139 cm³/mol. The van der Waals surface area contributed by atoms with Crippen molar-refractivity contribution in [2.45, 2.75) is 68.1 Å². The largest absolute Gasteiger partial charge is 0.507 e. The zero-order valence-corrected chi connectivity index (χ0v) is 21.9. The van der Waals surface area contributed by atoms with E-state index in [-0.39, 0.29) is 16.9 Å². The van der Waals surface area contributed by atoms with Crippen LogP contribution in [0.5, 0.6) is 23.0 Å². The monoisotopic (exact) mass is 594 g/mol. The quantitative estimate of drug-likeness (QED) is 0.153. The second kappa shape index (κ2) is 11.3. The molecule has 0 radical (unpaired) electrons. The summed E-state index contributed by atoms with van der Waals surface area (Å²) >= 11 is 0. The second-order valence-corrected chi connectivity index (χ2v) is 10.3. The minimum absolute atomic E-state index is 0.111. The average Bonchev–Trinajstić information content (AvgIpc) is 2.94. The third-order valence-electron chi connectivity index (χ3n) is 7.51. The van der Waals surface area contributed by atoms with E-state index in [9.17, 15) is 55.9 Å². The van der Waals surface area contributed by atoms with Crippen LogP contribution in [0, 0.1) is 0 Å². The van der Waals surface area contributed by atoms with Gasteiger partial charge in [-0.1, -0.05) is 0 Å². The van der Waals surface area contributed by atoms with Gasteiger partial charge in [0.25, 0.3) is 0 Å². The highest BCUT2D eigenvalue weighted by molar-refractivity contribution is 5.89. The van der Waals surface area contributed by atoms with Crippen molar-refractivity contribution < 1.29 is 69.7 Å². The minimum atomic E-state index is -1.89. The number of benzene rings is 2. The number of fused-ring (bicyclic) bond motifs is 1. The number of phenols is 4. The van der Waals surface area contributed by atoms with Crippen molar-refractivity contribution in [1.29, 1.82) is 0 Å². The molecule has 228 valence electrons. The third kappa shape index (κ3) is 5.04. The van der Waals surface area contributed by atoms with Crippen molar-refractivity contribution in [3.8, 4) is 34.3 Å². The van der Waals surface area contributed by atoms with Crippen molar-refractivity contribution in [3.63, 3.8) is 0 Å². The van der Waals surface area contributed by atoms with E-state index >= 15 is 0 Å². The third-order valence-corrected chi connectivity index (χ3v) is 7.51. The Morgan fingerprint density at radius 1 is 0.786 bits per heavy atom.